The van der Waals surface area contributed by atoms with Crippen molar-refractivity contribution in [2.75, 3.05) is 62.0 Å². The van der Waals surface area contributed by atoms with E-state index in [-0.39, 0.29) is 34.6 Å². The Morgan fingerprint density at radius 3 is 2.49 bits per heavy atom. The molecule has 2 saturated heterocycles. The Bertz CT molecular complexity index is 1710. The van der Waals surface area contributed by atoms with Crippen LogP contribution in [0.5, 0.6) is 0 Å². The Labute approximate surface area is 262 Å². The van der Waals surface area contributed by atoms with E-state index < -0.39 is 27.3 Å². The number of fused-ring (bicyclic) bond motifs is 1. The highest BCUT2D eigenvalue weighted by Crippen LogP contribution is 2.44. The second-order valence-electron chi connectivity index (χ2n) is 12.3. The average Bonchev–Trinajstić information content (AvgIpc) is 3.55. The minimum absolute atomic E-state index is 0.0804. The number of aromatic nitrogens is 2. The van der Waals surface area contributed by atoms with E-state index >= 15 is 0 Å². The van der Waals surface area contributed by atoms with E-state index in [4.69, 9.17) is 4.74 Å². The quantitative estimate of drug-likeness (QED) is 0.358. The first-order valence-corrected chi connectivity index (χ1v) is 16.5. The summed E-state index contributed by atoms with van der Waals surface area (Å²) in [6, 6.07) is 10.3. The van der Waals surface area contributed by atoms with Gasteiger partial charge in [0.25, 0.3) is 5.91 Å². The summed E-state index contributed by atoms with van der Waals surface area (Å²) in [6.07, 6.45) is 1.21. The predicted molar refractivity (Wildman–Crippen MR) is 167 cm³/mol. The number of rotatable bonds is 7. The van der Waals surface area contributed by atoms with E-state index in [2.05, 4.69) is 37.7 Å². The van der Waals surface area contributed by atoms with E-state index in [9.17, 15) is 22.4 Å². The number of benzene rings is 2. The molecule has 0 saturated carbocycles. The standard InChI is InChI=1S/C31H38FN7O5S/c1-31(2)27-25(19-39(31)45(42,43)23-6-4-5-21(32)17-23)28(36-35-27)34-30(41)24-8-7-22(38-13-11-37(3)12-14-38)18-26(24)33-29(40)20-9-15-44-16-10-20/h4-8,17-18,20H,9-16,19H2,1-3H3,(H,33,40)(H2,34,35,36,41). The first-order chi connectivity index (χ1) is 21.4. The van der Waals surface area contributed by atoms with E-state index in [1.165, 1.54) is 22.5 Å². The number of H-pyrrole nitrogens is 1. The molecule has 3 aliphatic heterocycles. The van der Waals surface area contributed by atoms with Crippen molar-refractivity contribution in [1.82, 2.24) is 19.4 Å². The third-order valence-corrected chi connectivity index (χ3v) is 11.0. The maximum absolute atomic E-state index is 13.9. The molecule has 12 nitrogen and oxygen atoms in total. The molecule has 0 spiro atoms. The van der Waals surface area contributed by atoms with Gasteiger partial charge >= 0.3 is 0 Å². The van der Waals surface area contributed by atoms with Crippen molar-refractivity contribution in [2.45, 2.75) is 43.7 Å². The fourth-order valence-corrected chi connectivity index (χ4v) is 7.96. The van der Waals surface area contributed by atoms with Crippen molar-refractivity contribution < 1.29 is 27.1 Å². The molecule has 45 heavy (non-hydrogen) atoms. The lowest BCUT2D eigenvalue weighted by Gasteiger charge is -2.34. The van der Waals surface area contributed by atoms with Crippen LogP contribution in [0.2, 0.25) is 0 Å². The fraction of sp³-hybridized carbons (Fsp3) is 0.452. The number of nitrogens with one attached hydrogen (secondary N) is 3. The summed E-state index contributed by atoms with van der Waals surface area (Å²) in [5, 5.41) is 13.1. The SMILES string of the molecule is CN1CCN(c2ccc(C(=O)Nc3n[nH]c4c3CN(S(=O)(=O)c3cccc(F)c3)C4(C)C)c(NC(=O)C3CCOCC3)c2)CC1. The number of carbonyl (C=O) groups excluding carboxylic acids is 2. The number of hydrogen-bond acceptors (Lipinski definition) is 8. The maximum atomic E-state index is 13.9. The number of ether oxygens (including phenoxy) is 1. The molecule has 0 atom stereocenters. The number of likely N-dealkylation sites (N-methyl/N-ethyl adjacent to an activating group) is 1. The number of aromatic amines is 1. The first-order valence-electron chi connectivity index (χ1n) is 15.1. The zero-order chi connectivity index (χ0) is 31.9. The van der Waals surface area contributed by atoms with Gasteiger partial charge in [0.05, 0.1) is 27.4 Å². The number of amides is 2. The van der Waals surface area contributed by atoms with E-state index in [1.54, 1.807) is 19.9 Å². The molecule has 1 aromatic heterocycles. The topological polar surface area (TPSA) is 140 Å². The minimum Gasteiger partial charge on any atom is -0.381 e. The van der Waals surface area contributed by atoms with E-state index in [0.29, 0.717) is 43.0 Å². The van der Waals surface area contributed by atoms with Crippen LogP contribution in [-0.4, -0.2) is 86.1 Å². The van der Waals surface area contributed by atoms with Crippen molar-refractivity contribution >= 4 is 39.0 Å². The monoisotopic (exact) mass is 639 g/mol. The lowest BCUT2D eigenvalue weighted by atomic mass is 9.99. The third kappa shape index (κ3) is 6.07. The van der Waals surface area contributed by atoms with Gasteiger partial charge in [0.1, 0.15) is 5.82 Å². The molecular weight excluding hydrogens is 601 g/mol. The Hall–Kier alpha value is -3.85. The summed E-state index contributed by atoms with van der Waals surface area (Å²) in [6.45, 7) is 7.83. The van der Waals surface area contributed by atoms with Crippen molar-refractivity contribution in [3.63, 3.8) is 0 Å². The summed E-state index contributed by atoms with van der Waals surface area (Å²) >= 11 is 0. The van der Waals surface area contributed by atoms with Crippen LogP contribution in [0.15, 0.2) is 47.4 Å². The van der Waals surface area contributed by atoms with E-state index in [0.717, 1.165) is 37.9 Å². The van der Waals surface area contributed by atoms with Gasteiger partial charge in [-0.25, -0.2) is 12.8 Å². The van der Waals surface area contributed by atoms with Crippen LogP contribution in [-0.2, 0) is 31.6 Å². The van der Waals surface area contributed by atoms with Crippen molar-refractivity contribution in [3.05, 3.63) is 65.1 Å². The average molecular weight is 640 g/mol. The number of anilines is 3. The van der Waals surface area contributed by atoms with Crippen molar-refractivity contribution in [1.29, 1.82) is 0 Å². The first kappa shape index (κ1) is 31.1. The molecule has 2 aromatic carbocycles. The zero-order valence-corrected chi connectivity index (χ0v) is 26.4. The van der Waals surface area contributed by atoms with Crippen LogP contribution >= 0.6 is 0 Å². The van der Waals surface area contributed by atoms with Gasteiger partial charge in [-0.3, -0.25) is 14.7 Å². The molecule has 0 unspecified atom stereocenters. The van der Waals surface area contributed by atoms with Crippen LogP contribution < -0.4 is 15.5 Å². The summed E-state index contributed by atoms with van der Waals surface area (Å²) in [5.74, 6) is -1.35. The Balaban J connectivity index is 1.27. The Morgan fingerprint density at radius 1 is 1.04 bits per heavy atom. The van der Waals surface area contributed by atoms with Gasteiger partial charge in [0, 0.05) is 63.1 Å². The Kier molecular flexibility index (Phi) is 8.41. The van der Waals surface area contributed by atoms with Crippen molar-refractivity contribution in [3.8, 4) is 0 Å². The van der Waals surface area contributed by atoms with Gasteiger partial charge < -0.3 is 25.2 Å². The number of hydrogen-bond donors (Lipinski definition) is 3. The van der Waals surface area contributed by atoms with Crippen LogP contribution in [0.25, 0.3) is 0 Å². The summed E-state index contributed by atoms with van der Waals surface area (Å²) in [4.78, 5) is 31.4. The number of nitrogens with zero attached hydrogens (tertiary/aromatic N) is 4. The van der Waals surface area contributed by atoms with Gasteiger partial charge in [0.2, 0.25) is 15.9 Å². The van der Waals surface area contributed by atoms with Gasteiger partial charge in [-0.15, -0.1) is 0 Å². The molecule has 3 N–H and O–H groups in total. The second-order valence-corrected chi connectivity index (χ2v) is 14.2. The predicted octanol–water partition coefficient (Wildman–Crippen LogP) is 3.36. The summed E-state index contributed by atoms with van der Waals surface area (Å²) < 4.78 is 47.7. The maximum Gasteiger partial charge on any atom is 0.258 e. The molecule has 4 heterocycles. The molecule has 14 heteroatoms. The Morgan fingerprint density at radius 2 is 1.78 bits per heavy atom. The van der Waals surface area contributed by atoms with Gasteiger partial charge in [-0.05, 0) is 70.1 Å². The normalized spacial score (nSPS) is 19.3. The highest BCUT2D eigenvalue weighted by molar-refractivity contribution is 7.89. The molecule has 2 fully saturated rings. The zero-order valence-electron chi connectivity index (χ0n) is 25.6. The lowest BCUT2D eigenvalue weighted by molar-refractivity contribution is -0.122. The van der Waals surface area contributed by atoms with E-state index in [1.807, 2.05) is 12.1 Å². The van der Waals surface area contributed by atoms with Gasteiger partial charge in [0.15, 0.2) is 5.82 Å². The smallest absolute Gasteiger partial charge is 0.258 e. The summed E-state index contributed by atoms with van der Waals surface area (Å²) in [5.41, 5.74) is 1.53. The molecule has 6 rings (SSSR count). The minimum atomic E-state index is -4.09. The highest BCUT2D eigenvalue weighted by Gasteiger charge is 2.48. The van der Waals surface area contributed by atoms with Crippen LogP contribution in [0.1, 0.15) is 48.3 Å². The molecule has 0 radical (unpaired) electrons. The van der Waals surface area contributed by atoms with Crippen LogP contribution in [0, 0.1) is 11.7 Å². The lowest BCUT2D eigenvalue weighted by Crippen LogP contribution is -2.44. The molecule has 3 aliphatic rings. The molecule has 0 bridgehead atoms. The molecule has 3 aromatic rings. The molecular formula is C31H38FN7O5S. The second kappa shape index (κ2) is 12.2. The van der Waals surface area contributed by atoms with Crippen molar-refractivity contribution in [2.24, 2.45) is 5.92 Å². The third-order valence-electron chi connectivity index (χ3n) is 8.99. The van der Waals surface area contributed by atoms with Crippen LogP contribution in [0.4, 0.5) is 21.6 Å². The largest absolute Gasteiger partial charge is 0.381 e. The molecule has 240 valence electrons. The van der Waals surface area contributed by atoms with Crippen LogP contribution in [0.3, 0.4) is 0 Å². The number of piperazine rings is 1. The number of carbonyl (C=O) groups is 2. The fourth-order valence-electron chi connectivity index (χ4n) is 6.20. The summed E-state index contributed by atoms with van der Waals surface area (Å²) in [7, 11) is -2.01. The molecule has 0 aliphatic carbocycles. The number of sulfonamides is 1. The van der Waals surface area contributed by atoms with Gasteiger partial charge in [-0.1, -0.05) is 6.07 Å². The number of halogens is 1. The molecule has 2 amide bonds. The van der Waals surface area contributed by atoms with Gasteiger partial charge in [-0.2, -0.15) is 9.40 Å². The highest BCUT2D eigenvalue weighted by atomic mass is 32.2.